The van der Waals surface area contributed by atoms with Crippen molar-refractivity contribution in [3.05, 3.63) is 29.3 Å². The fourth-order valence-corrected chi connectivity index (χ4v) is 1.49. The van der Waals surface area contributed by atoms with Gasteiger partial charge in [-0.25, -0.2) is 0 Å². The van der Waals surface area contributed by atoms with E-state index in [-0.39, 0.29) is 0 Å². The summed E-state index contributed by atoms with van der Waals surface area (Å²) in [5.41, 5.74) is -0.581. The zero-order valence-electron chi connectivity index (χ0n) is 9.33. The predicted octanol–water partition coefficient (Wildman–Crippen LogP) is 3.27. The molecule has 1 N–H and O–H groups in total. The lowest BCUT2D eigenvalue weighted by molar-refractivity contribution is -0.0297. The van der Waals surface area contributed by atoms with E-state index in [1.165, 1.54) is 0 Å². The summed E-state index contributed by atoms with van der Waals surface area (Å²) in [7, 11) is 0. The highest BCUT2D eigenvalue weighted by Gasteiger charge is 2.28. The van der Waals surface area contributed by atoms with Gasteiger partial charge in [0.1, 0.15) is 11.4 Å². The van der Waals surface area contributed by atoms with Crippen molar-refractivity contribution in [3.8, 4) is 5.75 Å². The Balaban J connectivity index is 2.72. The summed E-state index contributed by atoms with van der Waals surface area (Å²) in [6.07, 6.45) is 0.189. The van der Waals surface area contributed by atoms with Crippen LogP contribution in [0.3, 0.4) is 0 Å². The van der Waals surface area contributed by atoms with Crippen LogP contribution in [-0.4, -0.2) is 16.8 Å². The van der Waals surface area contributed by atoms with E-state index < -0.39 is 11.7 Å². The van der Waals surface area contributed by atoms with Crippen LogP contribution in [0.25, 0.3) is 0 Å². The minimum Gasteiger partial charge on any atom is -0.485 e. The molecule has 0 aromatic heterocycles. The van der Waals surface area contributed by atoms with Crippen molar-refractivity contribution >= 4 is 11.6 Å². The Kier molecular flexibility index (Phi) is 4.00. The number of halogens is 1. The van der Waals surface area contributed by atoms with E-state index in [2.05, 4.69) is 0 Å². The smallest absolute Gasteiger partial charge is 0.129 e. The number of hydrogen-bond donors (Lipinski definition) is 1. The van der Waals surface area contributed by atoms with Gasteiger partial charge in [-0.15, -0.1) is 0 Å². The van der Waals surface area contributed by atoms with Crippen LogP contribution < -0.4 is 4.74 Å². The molecule has 1 aromatic carbocycles. The average Bonchev–Trinajstić information content (AvgIpc) is 2.20. The van der Waals surface area contributed by atoms with Gasteiger partial charge in [-0.3, -0.25) is 0 Å². The molecule has 1 unspecified atom stereocenters. The molecule has 0 bridgehead atoms. The lowest BCUT2D eigenvalue weighted by Crippen LogP contribution is -2.41. The lowest BCUT2D eigenvalue weighted by Gasteiger charge is -2.30. The van der Waals surface area contributed by atoms with E-state index in [4.69, 9.17) is 16.3 Å². The highest BCUT2D eigenvalue weighted by Crippen LogP contribution is 2.23. The molecular weight excluding hydrogens is 212 g/mol. The SMILES string of the molecule is CCC(O)C(C)(C)Oc1ccc(Cl)cc1. The van der Waals surface area contributed by atoms with Crippen LogP contribution in [0.2, 0.25) is 5.02 Å². The summed E-state index contributed by atoms with van der Waals surface area (Å²) in [5.74, 6) is 0.719. The zero-order chi connectivity index (χ0) is 11.5. The van der Waals surface area contributed by atoms with Crippen molar-refractivity contribution in [3.63, 3.8) is 0 Å². The first-order chi connectivity index (χ1) is 6.95. The molecule has 84 valence electrons. The molecule has 0 radical (unpaired) electrons. The van der Waals surface area contributed by atoms with Crippen molar-refractivity contribution in [2.24, 2.45) is 0 Å². The molecule has 0 fully saturated rings. The first-order valence-corrected chi connectivity index (χ1v) is 5.46. The van der Waals surface area contributed by atoms with E-state index in [0.717, 1.165) is 5.75 Å². The van der Waals surface area contributed by atoms with Crippen LogP contribution in [0.5, 0.6) is 5.75 Å². The first kappa shape index (κ1) is 12.3. The topological polar surface area (TPSA) is 29.5 Å². The van der Waals surface area contributed by atoms with Crippen LogP contribution in [-0.2, 0) is 0 Å². The van der Waals surface area contributed by atoms with Crippen molar-refractivity contribution < 1.29 is 9.84 Å². The number of hydrogen-bond acceptors (Lipinski definition) is 2. The Morgan fingerprint density at radius 1 is 1.33 bits per heavy atom. The Hall–Kier alpha value is -0.730. The van der Waals surface area contributed by atoms with Gasteiger partial charge in [0.05, 0.1) is 6.10 Å². The molecule has 0 aliphatic rings. The van der Waals surface area contributed by atoms with Gasteiger partial charge in [0, 0.05) is 5.02 Å². The fraction of sp³-hybridized carbons (Fsp3) is 0.500. The molecule has 2 nitrogen and oxygen atoms in total. The quantitative estimate of drug-likeness (QED) is 0.857. The second kappa shape index (κ2) is 4.86. The van der Waals surface area contributed by atoms with Gasteiger partial charge in [-0.05, 0) is 44.5 Å². The molecule has 15 heavy (non-hydrogen) atoms. The summed E-state index contributed by atoms with van der Waals surface area (Å²) < 4.78 is 5.70. The van der Waals surface area contributed by atoms with E-state index >= 15 is 0 Å². The third-order valence-corrected chi connectivity index (χ3v) is 2.64. The molecule has 0 saturated heterocycles. The number of aliphatic hydroxyl groups is 1. The van der Waals surface area contributed by atoms with Gasteiger partial charge in [0.15, 0.2) is 0 Å². The standard InChI is InChI=1S/C12H17ClO2/c1-4-11(14)12(2,3)15-10-7-5-9(13)6-8-10/h5-8,11,14H,4H2,1-3H3. The summed E-state index contributed by atoms with van der Waals surface area (Å²) in [5, 5.41) is 10.4. The van der Waals surface area contributed by atoms with Gasteiger partial charge < -0.3 is 9.84 Å². The van der Waals surface area contributed by atoms with Gasteiger partial charge in [0.2, 0.25) is 0 Å². The van der Waals surface area contributed by atoms with Crippen molar-refractivity contribution in [1.29, 1.82) is 0 Å². The van der Waals surface area contributed by atoms with Crippen LogP contribution >= 0.6 is 11.6 Å². The number of benzene rings is 1. The van der Waals surface area contributed by atoms with Gasteiger partial charge in [-0.2, -0.15) is 0 Å². The van der Waals surface area contributed by atoms with E-state index in [1.807, 2.05) is 20.8 Å². The van der Waals surface area contributed by atoms with Crippen LogP contribution in [0.4, 0.5) is 0 Å². The molecule has 0 aliphatic carbocycles. The minimum absolute atomic E-state index is 0.479. The molecule has 0 spiro atoms. The lowest BCUT2D eigenvalue weighted by atomic mass is 9.99. The number of aliphatic hydroxyl groups excluding tert-OH is 1. The highest BCUT2D eigenvalue weighted by atomic mass is 35.5. The monoisotopic (exact) mass is 228 g/mol. The van der Waals surface area contributed by atoms with Gasteiger partial charge >= 0.3 is 0 Å². The Morgan fingerprint density at radius 2 is 1.87 bits per heavy atom. The van der Waals surface area contributed by atoms with E-state index in [9.17, 15) is 5.11 Å². The van der Waals surface area contributed by atoms with Crippen LogP contribution in [0.1, 0.15) is 27.2 Å². The molecule has 1 atom stereocenters. The second-order valence-electron chi connectivity index (χ2n) is 4.08. The maximum absolute atomic E-state index is 9.75. The molecule has 1 aromatic rings. The van der Waals surface area contributed by atoms with Crippen molar-refractivity contribution in [1.82, 2.24) is 0 Å². The summed E-state index contributed by atoms with van der Waals surface area (Å²) in [4.78, 5) is 0. The Morgan fingerprint density at radius 3 is 2.33 bits per heavy atom. The maximum atomic E-state index is 9.75. The normalized spacial score (nSPS) is 13.7. The summed E-state index contributed by atoms with van der Waals surface area (Å²) in [6.45, 7) is 5.67. The molecular formula is C12H17ClO2. The minimum atomic E-state index is -0.581. The second-order valence-corrected chi connectivity index (χ2v) is 4.52. The van der Waals surface area contributed by atoms with E-state index in [1.54, 1.807) is 24.3 Å². The van der Waals surface area contributed by atoms with Crippen LogP contribution in [0.15, 0.2) is 24.3 Å². The number of rotatable bonds is 4. The summed E-state index contributed by atoms with van der Waals surface area (Å²) in [6, 6.07) is 7.13. The van der Waals surface area contributed by atoms with E-state index in [0.29, 0.717) is 11.4 Å². The average molecular weight is 229 g/mol. The van der Waals surface area contributed by atoms with Crippen molar-refractivity contribution in [2.45, 2.75) is 38.9 Å². The maximum Gasteiger partial charge on any atom is 0.129 e. The first-order valence-electron chi connectivity index (χ1n) is 5.08. The fourth-order valence-electron chi connectivity index (χ4n) is 1.37. The zero-order valence-corrected chi connectivity index (χ0v) is 10.1. The third kappa shape index (κ3) is 3.40. The largest absolute Gasteiger partial charge is 0.485 e. The molecule has 0 heterocycles. The molecule has 3 heteroatoms. The Bertz CT molecular complexity index is 306. The molecule has 0 saturated carbocycles. The Labute approximate surface area is 95.8 Å². The van der Waals surface area contributed by atoms with Crippen molar-refractivity contribution in [2.75, 3.05) is 0 Å². The predicted molar refractivity (Wildman–Crippen MR) is 62.5 cm³/mol. The summed E-state index contributed by atoms with van der Waals surface area (Å²) >= 11 is 5.77. The van der Waals surface area contributed by atoms with Gasteiger partial charge in [-0.1, -0.05) is 18.5 Å². The highest BCUT2D eigenvalue weighted by molar-refractivity contribution is 6.30. The molecule has 1 rings (SSSR count). The number of ether oxygens (including phenoxy) is 1. The molecule has 0 amide bonds. The third-order valence-electron chi connectivity index (χ3n) is 2.38. The molecule has 0 aliphatic heterocycles. The van der Waals surface area contributed by atoms with Gasteiger partial charge in [0.25, 0.3) is 0 Å². The van der Waals surface area contributed by atoms with Crippen LogP contribution in [0, 0.1) is 0 Å².